The van der Waals surface area contributed by atoms with Crippen molar-refractivity contribution in [2.75, 3.05) is 6.61 Å². The zero-order valence-corrected chi connectivity index (χ0v) is 11.7. The van der Waals surface area contributed by atoms with Gasteiger partial charge in [0, 0.05) is 6.61 Å². The molecule has 6 heteroatoms. The molecule has 2 heterocycles. The molecule has 1 amide bonds. The Labute approximate surface area is 123 Å². The Morgan fingerprint density at radius 3 is 2.76 bits per heavy atom. The first-order chi connectivity index (χ1) is 10.3. The van der Waals surface area contributed by atoms with Gasteiger partial charge in [0.25, 0.3) is 0 Å². The van der Waals surface area contributed by atoms with Crippen molar-refractivity contribution in [2.45, 2.75) is 31.5 Å². The Balaban J connectivity index is 1.73. The van der Waals surface area contributed by atoms with Gasteiger partial charge in [-0.1, -0.05) is 30.3 Å². The molecule has 0 bridgehead atoms. The number of hydrogen-bond acceptors (Lipinski definition) is 4. The van der Waals surface area contributed by atoms with Gasteiger partial charge in [-0.05, 0) is 18.4 Å². The van der Waals surface area contributed by atoms with E-state index in [2.05, 4.69) is 15.5 Å². The van der Waals surface area contributed by atoms with Crippen LogP contribution in [0.4, 0.5) is 0 Å². The van der Waals surface area contributed by atoms with Gasteiger partial charge in [0.15, 0.2) is 0 Å². The fraction of sp³-hybridized carbons (Fsp3) is 0.400. The maximum absolute atomic E-state index is 12.3. The van der Waals surface area contributed by atoms with Crippen LogP contribution in [0.25, 0.3) is 0 Å². The highest BCUT2D eigenvalue weighted by Gasteiger charge is 2.26. The van der Waals surface area contributed by atoms with Crippen molar-refractivity contribution in [1.82, 2.24) is 20.3 Å². The maximum atomic E-state index is 12.3. The number of carbonyl (C=O) groups excluding carboxylic acids is 1. The van der Waals surface area contributed by atoms with E-state index in [4.69, 9.17) is 4.74 Å². The van der Waals surface area contributed by atoms with Crippen LogP contribution in [-0.4, -0.2) is 33.6 Å². The summed E-state index contributed by atoms with van der Waals surface area (Å²) < 4.78 is 5.44. The van der Waals surface area contributed by atoms with Gasteiger partial charge < -0.3 is 10.1 Å². The van der Waals surface area contributed by atoms with Crippen molar-refractivity contribution < 1.29 is 9.53 Å². The van der Waals surface area contributed by atoms with Crippen LogP contribution in [0.2, 0.25) is 0 Å². The fourth-order valence-electron chi connectivity index (χ4n) is 2.47. The first-order valence-corrected chi connectivity index (χ1v) is 7.14. The van der Waals surface area contributed by atoms with Crippen LogP contribution >= 0.6 is 0 Å². The smallest absolute Gasteiger partial charge is 0.249 e. The van der Waals surface area contributed by atoms with E-state index in [9.17, 15) is 4.79 Å². The summed E-state index contributed by atoms with van der Waals surface area (Å²) in [6, 6.07) is 9.67. The maximum Gasteiger partial charge on any atom is 0.249 e. The Bertz CT molecular complexity index is 565. The predicted molar refractivity (Wildman–Crippen MR) is 76.3 cm³/mol. The summed E-state index contributed by atoms with van der Waals surface area (Å²) in [5.41, 5.74) is 1.03. The van der Waals surface area contributed by atoms with E-state index in [0.717, 1.165) is 18.4 Å². The van der Waals surface area contributed by atoms with E-state index in [1.807, 2.05) is 30.3 Å². The van der Waals surface area contributed by atoms with E-state index in [0.29, 0.717) is 13.2 Å². The van der Waals surface area contributed by atoms with E-state index >= 15 is 0 Å². The third-order valence-electron chi connectivity index (χ3n) is 3.55. The number of aromatic nitrogens is 3. The molecule has 3 rings (SSSR count). The molecule has 21 heavy (non-hydrogen) atoms. The largest absolute Gasteiger partial charge is 0.368 e. The van der Waals surface area contributed by atoms with Gasteiger partial charge >= 0.3 is 0 Å². The number of carbonyl (C=O) groups is 1. The highest BCUT2D eigenvalue weighted by atomic mass is 16.5. The Morgan fingerprint density at radius 2 is 2.10 bits per heavy atom. The van der Waals surface area contributed by atoms with Gasteiger partial charge in [-0.3, -0.25) is 4.79 Å². The molecule has 1 aromatic heterocycles. The van der Waals surface area contributed by atoms with Gasteiger partial charge in [0.1, 0.15) is 6.10 Å². The van der Waals surface area contributed by atoms with Gasteiger partial charge in [0.2, 0.25) is 5.91 Å². The van der Waals surface area contributed by atoms with Crippen molar-refractivity contribution in [3.8, 4) is 0 Å². The molecular weight excluding hydrogens is 268 g/mol. The molecule has 110 valence electrons. The van der Waals surface area contributed by atoms with Gasteiger partial charge in [0.05, 0.1) is 25.0 Å². The first-order valence-electron chi connectivity index (χ1n) is 7.14. The highest BCUT2D eigenvalue weighted by molar-refractivity contribution is 5.81. The summed E-state index contributed by atoms with van der Waals surface area (Å²) in [6.45, 7) is 1.16. The van der Waals surface area contributed by atoms with Crippen LogP contribution in [0.1, 0.15) is 24.4 Å². The molecule has 0 radical (unpaired) electrons. The lowest BCUT2D eigenvalue weighted by Gasteiger charge is -2.20. The summed E-state index contributed by atoms with van der Waals surface area (Å²) in [5, 5.41) is 11.3. The van der Waals surface area contributed by atoms with Crippen molar-refractivity contribution in [1.29, 1.82) is 0 Å². The lowest BCUT2D eigenvalue weighted by Crippen LogP contribution is -2.38. The van der Waals surface area contributed by atoms with E-state index < -0.39 is 0 Å². The zero-order chi connectivity index (χ0) is 14.5. The van der Waals surface area contributed by atoms with Gasteiger partial charge in [-0.2, -0.15) is 15.0 Å². The van der Waals surface area contributed by atoms with Crippen LogP contribution in [-0.2, 0) is 16.1 Å². The molecule has 0 saturated carbocycles. The number of hydrogen-bond donors (Lipinski definition) is 1. The molecule has 0 aliphatic carbocycles. The Hall–Kier alpha value is -2.21. The highest BCUT2D eigenvalue weighted by Crippen LogP contribution is 2.17. The lowest BCUT2D eigenvalue weighted by atomic mass is 10.1. The monoisotopic (exact) mass is 286 g/mol. The van der Waals surface area contributed by atoms with E-state index in [-0.39, 0.29) is 18.1 Å². The molecule has 1 aliphatic heterocycles. The quantitative estimate of drug-likeness (QED) is 0.900. The molecule has 1 aromatic carbocycles. The summed E-state index contributed by atoms with van der Waals surface area (Å²) in [6.07, 6.45) is 4.65. The molecule has 1 N–H and O–H groups in total. The number of nitrogens with zero attached hydrogens (tertiary/aromatic N) is 3. The summed E-state index contributed by atoms with van der Waals surface area (Å²) in [7, 11) is 0. The van der Waals surface area contributed by atoms with Crippen LogP contribution < -0.4 is 5.32 Å². The molecule has 1 aliphatic rings. The third-order valence-corrected chi connectivity index (χ3v) is 3.55. The second-order valence-corrected chi connectivity index (χ2v) is 5.06. The molecule has 1 fully saturated rings. The number of benzene rings is 1. The molecular formula is C15H18N4O2. The Morgan fingerprint density at radius 1 is 1.33 bits per heavy atom. The molecule has 0 spiro atoms. The van der Waals surface area contributed by atoms with Crippen molar-refractivity contribution in [3.63, 3.8) is 0 Å². The van der Waals surface area contributed by atoms with Gasteiger partial charge in [-0.25, -0.2) is 0 Å². The SMILES string of the molecule is O=C(NC(Cn1nccn1)c1ccccc1)C1CCCO1. The molecule has 2 atom stereocenters. The number of amides is 1. The normalized spacial score (nSPS) is 19.3. The number of ether oxygens (including phenoxy) is 1. The topological polar surface area (TPSA) is 69.0 Å². The predicted octanol–water partition coefficient (Wildman–Crippen LogP) is 1.31. The van der Waals surface area contributed by atoms with Crippen LogP contribution in [0.5, 0.6) is 0 Å². The average molecular weight is 286 g/mol. The standard InChI is InChI=1S/C15H18N4O2/c20-15(14-7-4-10-21-14)18-13(11-19-16-8-9-17-19)12-5-2-1-3-6-12/h1-3,5-6,8-9,13-14H,4,7,10-11H2,(H,18,20). The number of nitrogens with one attached hydrogen (secondary N) is 1. The lowest BCUT2D eigenvalue weighted by molar-refractivity contribution is -0.131. The first kappa shape index (κ1) is 13.8. The minimum Gasteiger partial charge on any atom is -0.368 e. The van der Waals surface area contributed by atoms with E-state index in [1.54, 1.807) is 17.2 Å². The summed E-state index contributed by atoms with van der Waals surface area (Å²) in [4.78, 5) is 13.8. The van der Waals surface area contributed by atoms with Crippen LogP contribution in [0.15, 0.2) is 42.7 Å². The minimum atomic E-state index is -0.332. The fourth-order valence-corrected chi connectivity index (χ4v) is 2.47. The van der Waals surface area contributed by atoms with Crippen molar-refractivity contribution >= 4 is 5.91 Å². The van der Waals surface area contributed by atoms with Crippen LogP contribution in [0.3, 0.4) is 0 Å². The Kier molecular flexibility index (Phi) is 4.25. The van der Waals surface area contributed by atoms with Crippen molar-refractivity contribution in [2.24, 2.45) is 0 Å². The molecule has 1 saturated heterocycles. The second kappa shape index (κ2) is 6.49. The minimum absolute atomic E-state index is 0.0616. The third kappa shape index (κ3) is 3.46. The van der Waals surface area contributed by atoms with Crippen molar-refractivity contribution in [3.05, 3.63) is 48.3 Å². The summed E-state index contributed by atoms with van der Waals surface area (Å²) in [5.74, 6) is -0.0616. The number of rotatable bonds is 5. The van der Waals surface area contributed by atoms with E-state index in [1.165, 1.54) is 0 Å². The second-order valence-electron chi connectivity index (χ2n) is 5.06. The molecule has 2 aromatic rings. The average Bonchev–Trinajstić information content (AvgIpc) is 3.21. The summed E-state index contributed by atoms with van der Waals surface area (Å²) >= 11 is 0. The zero-order valence-electron chi connectivity index (χ0n) is 11.7. The molecule has 6 nitrogen and oxygen atoms in total. The van der Waals surface area contributed by atoms with Crippen LogP contribution in [0, 0.1) is 0 Å². The van der Waals surface area contributed by atoms with Gasteiger partial charge in [-0.15, -0.1) is 0 Å². The molecule has 2 unspecified atom stereocenters.